The first-order chi connectivity index (χ1) is 3.55. The maximum Gasteiger partial charge on any atom is 0.355 e. The van der Waals surface area contributed by atoms with Crippen LogP contribution in [0.25, 0.3) is 0 Å². The molecule has 0 aromatic heterocycles. The third kappa shape index (κ3) is 1.98. The van der Waals surface area contributed by atoms with Gasteiger partial charge in [0.1, 0.15) is 0 Å². The van der Waals surface area contributed by atoms with Crippen molar-refractivity contribution < 1.29 is 9.90 Å². The van der Waals surface area contributed by atoms with E-state index in [1.165, 1.54) is 0 Å². The summed E-state index contributed by atoms with van der Waals surface area (Å²) in [6.07, 6.45) is 0. The first kappa shape index (κ1) is 7.49. The largest absolute Gasteiger partial charge is 0.488 e. The topological polar surface area (TPSA) is 63.3 Å². The molecule has 0 rings (SSSR count). The van der Waals surface area contributed by atoms with Gasteiger partial charge in [0.15, 0.2) is 0 Å². The van der Waals surface area contributed by atoms with Gasteiger partial charge >= 0.3 is 6.85 Å². The quantitative estimate of drug-likeness (QED) is 0.518. The highest BCUT2D eigenvalue weighted by Crippen LogP contribution is 2.01. The molecule has 0 atom stereocenters. The Hall–Kier alpha value is -0.505. The Bertz CT molecular complexity index is 94.0. The molecule has 0 aliphatic rings. The van der Waals surface area contributed by atoms with Crippen molar-refractivity contribution in [3.63, 3.8) is 0 Å². The molecule has 0 heterocycles. The zero-order chi connectivity index (χ0) is 6.73. The summed E-state index contributed by atoms with van der Waals surface area (Å²) in [7, 11) is 0. The van der Waals surface area contributed by atoms with E-state index in [9.17, 15) is 4.79 Å². The molecule has 0 unspecified atom stereocenters. The van der Waals surface area contributed by atoms with E-state index < -0.39 is 12.7 Å². The third-order valence-electron chi connectivity index (χ3n) is 1.00. The zero-order valence-electron chi connectivity index (χ0n) is 5.09. The predicted octanol–water partition coefficient (Wildman–Crippen LogP) is 0.606. The lowest BCUT2D eigenvalue weighted by Crippen LogP contribution is -2.37. The lowest BCUT2D eigenvalue weighted by Gasteiger charge is -2.02. The highest BCUT2D eigenvalue weighted by Gasteiger charge is 2.21. The van der Waals surface area contributed by atoms with Crippen LogP contribution in [0.2, 0.25) is 5.82 Å². The summed E-state index contributed by atoms with van der Waals surface area (Å²) < 4.78 is 0. The molecular formula is C4H10BNO2. The van der Waals surface area contributed by atoms with Gasteiger partial charge in [-0.25, -0.2) is 0 Å². The number of hydrogen-bond acceptors (Lipinski definition) is 2. The van der Waals surface area contributed by atoms with E-state index in [1.54, 1.807) is 13.8 Å². The van der Waals surface area contributed by atoms with Crippen LogP contribution in [0.4, 0.5) is 4.79 Å². The number of carboxylic acid groups (broad SMARTS) is 1. The zero-order valence-corrected chi connectivity index (χ0v) is 5.09. The fourth-order valence-electron chi connectivity index (χ4n) is 0.285. The average Bonchev–Trinajstić information content (AvgIpc) is 1.64. The van der Waals surface area contributed by atoms with Crippen molar-refractivity contribution >= 4 is 12.7 Å². The molecule has 0 spiro atoms. The van der Waals surface area contributed by atoms with E-state index in [0.717, 1.165) is 0 Å². The van der Waals surface area contributed by atoms with Crippen molar-refractivity contribution in [2.24, 2.45) is 5.64 Å². The summed E-state index contributed by atoms with van der Waals surface area (Å²) in [4.78, 5) is 10.0. The molecule has 0 bridgehead atoms. The molecule has 3 N–H and O–H groups in total. The standard InChI is InChI=1S/C4H10BNO2/c1-3(2)5(6)4(7)8/h3H,6H2,1-2H3,(H,7,8). The molecule has 0 aromatic rings. The molecule has 0 saturated carbocycles. The maximum absolute atomic E-state index is 10.0. The van der Waals surface area contributed by atoms with E-state index in [1.807, 2.05) is 0 Å². The van der Waals surface area contributed by atoms with E-state index in [0.29, 0.717) is 0 Å². The van der Waals surface area contributed by atoms with Crippen LogP contribution in [-0.4, -0.2) is 17.8 Å². The lowest BCUT2D eigenvalue weighted by molar-refractivity contribution is 0.218. The number of carbonyl (C=O) groups is 1. The Morgan fingerprint density at radius 2 is 2.12 bits per heavy atom. The van der Waals surface area contributed by atoms with E-state index in [2.05, 4.69) is 0 Å². The predicted molar refractivity (Wildman–Crippen MR) is 33.1 cm³/mol. The second-order valence-electron chi connectivity index (χ2n) is 2.11. The minimum atomic E-state index is -0.931. The molecule has 0 fully saturated rings. The molecule has 0 radical (unpaired) electrons. The van der Waals surface area contributed by atoms with Gasteiger partial charge in [0.25, 0.3) is 5.87 Å². The van der Waals surface area contributed by atoms with E-state index in [4.69, 9.17) is 10.8 Å². The summed E-state index contributed by atoms with van der Waals surface area (Å²) in [6.45, 7) is 2.84. The van der Waals surface area contributed by atoms with Crippen molar-refractivity contribution in [1.29, 1.82) is 0 Å². The van der Waals surface area contributed by atoms with Crippen LogP contribution in [-0.2, 0) is 0 Å². The molecule has 0 aliphatic carbocycles. The summed E-state index contributed by atoms with van der Waals surface area (Å²) in [5.41, 5.74) is 5.16. The SMILES string of the molecule is CC(C)B(N)C(=O)O. The second kappa shape index (κ2) is 2.72. The molecule has 4 heteroatoms. The van der Waals surface area contributed by atoms with Gasteiger partial charge in [0, 0.05) is 0 Å². The fraction of sp³-hybridized carbons (Fsp3) is 0.750. The van der Waals surface area contributed by atoms with E-state index in [-0.39, 0.29) is 5.82 Å². The second-order valence-corrected chi connectivity index (χ2v) is 2.11. The Morgan fingerprint density at radius 3 is 2.12 bits per heavy atom. The van der Waals surface area contributed by atoms with Crippen molar-refractivity contribution in [1.82, 2.24) is 0 Å². The van der Waals surface area contributed by atoms with Crippen molar-refractivity contribution in [3.05, 3.63) is 0 Å². The van der Waals surface area contributed by atoms with Crippen molar-refractivity contribution in [2.75, 3.05) is 0 Å². The van der Waals surface area contributed by atoms with Gasteiger partial charge in [-0.3, -0.25) is 4.79 Å². The van der Waals surface area contributed by atoms with Gasteiger partial charge in [-0.15, -0.1) is 0 Å². The van der Waals surface area contributed by atoms with Crippen LogP contribution < -0.4 is 5.64 Å². The van der Waals surface area contributed by atoms with Crippen LogP contribution in [0.3, 0.4) is 0 Å². The van der Waals surface area contributed by atoms with Gasteiger partial charge in [0.2, 0.25) is 0 Å². The third-order valence-corrected chi connectivity index (χ3v) is 1.00. The monoisotopic (exact) mass is 115 g/mol. The minimum Gasteiger partial charge on any atom is -0.488 e. The van der Waals surface area contributed by atoms with Crippen LogP contribution in [0.15, 0.2) is 0 Å². The highest BCUT2D eigenvalue weighted by molar-refractivity contribution is 6.86. The number of rotatable bonds is 2. The van der Waals surface area contributed by atoms with Crippen molar-refractivity contribution in [2.45, 2.75) is 19.7 Å². The summed E-state index contributed by atoms with van der Waals surface area (Å²) in [5.74, 6) is -0.910. The minimum absolute atomic E-state index is 0.0208. The Morgan fingerprint density at radius 1 is 1.75 bits per heavy atom. The van der Waals surface area contributed by atoms with Gasteiger partial charge in [-0.2, -0.15) is 0 Å². The molecule has 0 amide bonds. The molecule has 0 saturated heterocycles. The summed E-state index contributed by atoms with van der Waals surface area (Å²) >= 11 is 0. The molecule has 46 valence electrons. The number of hydrogen-bond donors (Lipinski definition) is 2. The van der Waals surface area contributed by atoms with E-state index >= 15 is 0 Å². The Kier molecular flexibility index (Phi) is 2.55. The molecule has 0 aliphatic heterocycles. The normalized spacial score (nSPS) is 9.50. The molecule has 3 nitrogen and oxygen atoms in total. The van der Waals surface area contributed by atoms with Crippen LogP contribution in [0, 0.1) is 0 Å². The van der Waals surface area contributed by atoms with Gasteiger partial charge in [-0.05, 0) is 5.82 Å². The first-order valence-corrected chi connectivity index (χ1v) is 2.54. The van der Waals surface area contributed by atoms with Gasteiger partial charge in [-0.1, -0.05) is 13.8 Å². The summed E-state index contributed by atoms with van der Waals surface area (Å²) in [6, 6.07) is 0. The van der Waals surface area contributed by atoms with Crippen LogP contribution in [0.5, 0.6) is 0 Å². The molecule has 0 aromatic carbocycles. The lowest BCUT2D eigenvalue weighted by atomic mass is 9.54. The van der Waals surface area contributed by atoms with Crippen molar-refractivity contribution in [3.8, 4) is 0 Å². The average molecular weight is 115 g/mol. The Labute approximate surface area is 49.0 Å². The first-order valence-electron chi connectivity index (χ1n) is 2.54. The maximum atomic E-state index is 10.0. The van der Waals surface area contributed by atoms with Crippen LogP contribution >= 0.6 is 0 Å². The fourth-order valence-corrected chi connectivity index (χ4v) is 0.285. The van der Waals surface area contributed by atoms with Crippen LogP contribution in [0.1, 0.15) is 13.8 Å². The number of nitrogens with two attached hydrogens (primary N) is 1. The van der Waals surface area contributed by atoms with Gasteiger partial charge in [0.05, 0.1) is 0 Å². The molecular weight excluding hydrogens is 105 g/mol. The molecule has 8 heavy (non-hydrogen) atoms. The Balaban J connectivity index is 3.64. The smallest absolute Gasteiger partial charge is 0.355 e. The van der Waals surface area contributed by atoms with Gasteiger partial charge < -0.3 is 10.8 Å². The highest BCUT2D eigenvalue weighted by atomic mass is 16.4. The summed E-state index contributed by atoms with van der Waals surface area (Å²) in [5, 5.41) is 8.23.